The number of carbonyl (C=O) groups is 1. The molecule has 1 aromatic carbocycles. The highest BCUT2D eigenvalue weighted by Crippen LogP contribution is 2.23. The molecular formula is C16H17NO2. The Kier molecular flexibility index (Phi) is 3.11. The van der Waals surface area contributed by atoms with Gasteiger partial charge in [-0.3, -0.25) is 4.79 Å². The Hall–Kier alpha value is -2.03. The second kappa shape index (κ2) is 4.92. The summed E-state index contributed by atoms with van der Waals surface area (Å²) >= 11 is 0. The molecule has 0 bridgehead atoms. The van der Waals surface area contributed by atoms with E-state index in [4.69, 9.17) is 4.42 Å². The first-order valence-corrected chi connectivity index (χ1v) is 6.64. The second-order valence-electron chi connectivity index (χ2n) is 5.08. The van der Waals surface area contributed by atoms with Crippen LogP contribution < -0.4 is 0 Å². The third-order valence-electron chi connectivity index (χ3n) is 3.67. The molecule has 0 spiro atoms. The van der Waals surface area contributed by atoms with Crippen LogP contribution in [-0.4, -0.2) is 17.9 Å². The Labute approximate surface area is 112 Å². The van der Waals surface area contributed by atoms with Crippen LogP contribution in [0, 0.1) is 0 Å². The summed E-state index contributed by atoms with van der Waals surface area (Å²) in [5, 5.41) is 0. The summed E-state index contributed by atoms with van der Waals surface area (Å²) < 4.78 is 5.27. The molecule has 1 aromatic heterocycles. The van der Waals surface area contributed by atoms with E-state index in [9.17, 15) is 4.79 Å². The molecule has 3 nitrogen and oxygen atoms in total. The highest BCUT2D eigenvalue weighted by Gasteiger charge is 2.17. The molecule has 0 N–H and O–H groups in total. The van der Waals surface area contributed by atoms with Crippen LogP contribution in [0.1, 0.15) is 33.7 Å². The lowest BCUT2D eigenvalue weighted by atomic mass is 10.1. The lowest BCUT2D eigenvalue weighted by molar-refractivity contribution is 0.0775. The van der Waals surface area contributed by atoms with Gasteiger partial charge in [0.1, 0.15) is 5.76 Å². The summed E-state index contributed by atoms with van der Waals surface area (Å²) in [5.41, 5.74) is 3.50. The third kappa shape index (κ3) is 2.41. The molecule has 0 fully saturated rings. The van der Waals surface area contributed by atoms with E-state index in [2.05, 4.69) is 6.07 Å². The number of furan rings is 1. The van der Waals surface area contributed by atoms with Crippen molar-refractivity contribution in [1.82, 2.24) is 4.90 Å². The Morgan fingerprint density at radius 3 is 2.89 bits per heavy atom. The topological polar surface area (TPSA) is 33.5 Å². The summed E-state index contributed by atoms with van der Waals surface area (Å²) in [6.07, 6.45) is 5.07. The average Bonchev–Trinajstić information content (AvgIpc) is 3.07. The van der Waals surface area contributed by atoms with Gasteiger partial charge in [0.2, 0.25) is 0 Å². The van der Waals surface area contributed by atoms with E-state index in [1.165, 1.54) is 17.5 Å². The largest absolute Gasteiger partial charge is 0.467 e. The van der Waals surface area contributed by atoms with Crippen molar-refractivity contribution in [2.45, 2.75) is 25.8 Å². The molecule has 0 unspecified atom stereocenters. The van der Waals surface area contributed by atoms with Crippen molar-refractivity contribution in [2.24, 2.45) is 0 Å². The lowest BCUT2D eigenvalue weighted by Gasteiger charge is -2.16. The van der Waals surface area contributed by atoms with Crippen molar-refractivity contribution in [3.05, 3.63) is 59.0 Å². The summed E-state index contributed by atoms with van der Waals surface area (Å²) in [5.74, 6) is 0.850. The van der Waals surface area contributed by atoms with Gasteiger partial charge in [0.15, 0.2) is 0 Å². The van der Waals surface area contributed by atoms with Gasteiger partial charge in [-0.2, -0.15) is 0 Å². The fourth-order valence-electron chi connectivity index (χ4n) is 2.63. The molecule has 19 heavy (non-hydrogen) atoms. The Bertz CT molecular complexity index is 587. The predicted molar refractivity (Wildman–Crippen MR) is 73.0 cm³/mol. The van der Waals surface area contributed by atoms with Crippen molar-refractivity contribution in [3.8, 4) is 0 Å². The number of nitrogens with zero attached hydrogens (tertiary/aromatic N) is 1. The fraction of sp³-hybridized carbons (Fsp3) is 0.312. The maximum absolute atomic E-state index is 12.4. The number of amides is 1. The molecule has 3 rings (SSSR count). The zero-order valence-electron chi connectivity index (χ0n) is 11.1. The van der Waals surface area contributed by atoms with Crippen LogP contribution in [0.25, 0.3) is 0 Å². The normalized spacial score (nSPS) is 13.3. The fourth-order valence-corrected chi connectivity index (χ4v) is 2.63. The quantitative estimate of drug-likeness (QED) is 0.844. The summed E-state index contributed by atoms with van der Waals surface area (Å²) in [7, 11) is 1.80. The molecule has 1 aliphatic carbocycles. The number of fused-ring (bicyclic) bond motifs is 1. The number of aryl methyl sites for hydroxylation is 2. The van der Waals surface area contributed by atoms with Gasteiger partial charge >= 0.3 is 0 Å². The third-order valence-corrected chi connectivity index (χ3v) is 3.67. The molecule has 0 radical (unpaired) electrons. The van der Waals surface area contributed by atoms with Crippen molar-refractivity contribution in [2.75, 3.05) is 7.05 Å². The molecule has 3 heteroatoms. The van der Waals surface area contributed by atoms with Gasteiger partial charge in [-0.25, -0.2) is 0 Å². The molecule has 1 aliphatic rings. The molecule has 1 heterocycles. The summed E-state index contributed by atoms with van der Waals surface area (Å²) in [6, 6.07) is 9.79. The van der Waals surface area contributed by atoms with E-state index in [0.29, 0.717) is 6.54 Å². The predicted octanol–water partition coefficient (Wildman–Crippen LogP) is 3.04. The first-order chi connectivity index (χ1) is 9.24. The highest BCUT2D eigenvalue weighted by molar-refractivity contribution is 5.94. The number of hydrogen-bond donors (Lipinski definition) is 0. The van der Waals surface area contributed by atoms with Gasteiger partial charge in [0, 0.05) is 12.6 Å². The summed E-state index contributed by atoms with van der Waals surface area (Å²) in [4.78, 5) is 14.0. The number of hydrogen-bond acceptors (Lipinski definition) is 2. The van der Waals surface area contributed by atoms with Crippen LogP contribution in [-0.2, 0) is 19.4 Å². The van der Waals surface area contributed by atoms with Gasteiger partial charge in [-0.1, -0.05) is 6.07 Å². The van der Waals surface area contributed by atoms with E-state index in [1.54, 1.807) is 18.2 Å². The van der Waals surface area contributed by atoms with Crippen LogP contribution in [0.3, 0.4) is 0 Å². The Morgan fingerprint density at radius 2 is 2.11 bits per heavy atom. The zero-order chi connectivity index (χ0) is 13.2. The maximum Gasteiger partial charge on any atom is 0.254 e. The van der Waals surface area contributed by atoms with Crippen molar-refractivity contribution < 1.29 is 9.21 Å². The van der Waals surface area contributed by atoms with Gasteiger partial charge in [-0.15, -0.1) is 0 Å². The Balaban J connectivity index is 1.76. The molecule has 0 atom stereocenters. The monoisotopic (exact) mass is 255 g/mol. The average molecular weight is 255 g/mol. The van der Waals surface area contributed by atoms with Gasteiger partial charge < -0.3 is 9.32 Å². The van der Waals surface area contributed by atoms with Crippen LogP contribution in [0.5, 0.6) is 0 Å². The van der Waals surface area contributed by atoms with Crippen molar-refractivity contribution in [3.63, 3.8) is 0 Å². The standard InChI is InChI=1S/C16H17NO2/c1-17(11-15-6-3-9-19-15)16(18)14-8-7-12-4-2-5-13(12)10-14/h3,6-10H,2,4-5,11H2,1H3. The van der Waals surface area contributed by atoms with E-state index in [0.717, 1.165) is 24.2 Å². The van der Waals surface area contributed by atoms with Crippen LogP contribution in [0.2, 0.25) is 0 Å². The second-order valence-corrected chi connectivity index (χ2v) is 5.08. The molecule has 0 saturated carbocycles. The van der Waals surface area contributed by atoms with Crippen LogP contribution in [0.4, 0.5) is 0 Å². The molecular weight excluding hydrogens is 238 g/mol. The van der Waals surface area contributed by atoms with Crippen LogP contribution in [0.15, 0.2) is 41.0 Å². The summed E-state index contributed by atoms with van der Waals surface area (Å²) in [6.45, 7) is 0.503. The molecule has 0 aliphatic heterocycles. The van der Waals surface area contributed by atoms with Gasteiger partial charge in [0.25, 0.3) is 5.91 Å². The molecule has 2 aromatic rings. The van der Waals surface area contributed by atoms with Gasteiger partial charge in [0.05, 0.1) is 12.8 Å². The Morgan fingerprint density at radius 1 is 1.26 bits per heavy atom. The van der Waals surface area contributed by atoms with E-state index >= 15 is 0 Å². The highest BCUT2D eigenvalue weighted by atomic mass is 16.3. The van der Waals surface area contributed by atoms with E-state index in [1.807, 2.05) is 24.3 Å². The van der Waals surface area contributed by atoms with Crippen molar-refractivity contribution in [1.29, 1.82) is 0 Å². The molecule has 0 saturated heterocycles. The smallest absolute Gasteiger partial charge is 0.254 e. The van der Waals surface area contributed by atoms with Crippen LogP contribution >= 0.6 is 0 Å². The minimum atomic E-state index is 0.0473. The SMILES string of the molecule is CN(Cc1ccco1)C(=O)c1ccc2c(c1)CCC2. The number of benzene rings is 1. The first-order valence-electron chi connectivity index (χ1n) is 6.64. The minimum absolute atomic E-state index is 0.0473. The maximum atomic E-state index is 12.4. The minimum Gasteiger partial charge on any atom is -0.467 e. The van der Waals surface area contributed by atoms with E-state index in [-0.39, 0.29) is 5.91 Å². The van der Waals surface area contributed by atoms with E-state index < -0.39 is 0 Å². The number of rotatable bonds is 3. The first kappa shape index (κ1) is 12.0. The molecule has 1 amide bonds. The molecule has 98 valence electrons. The lowest BCUT2D eigenvalue weighted by Crippen LogP contribution is -2.26. The zero-order valence-corrected chi connectivity index (χ0v) is 11.1. The van der Waals surface area contributed by atoms with Gasteiger partial charge in [-0.05, 0) is 54.7 Å². The number of carbonyl (C=O) groups excluding carboxylic acids is 1. The van der Waals surface area contributed by atoms with Crippen molar-refractivity contribution >= 4 is 5.91 Å².